The molecular weight excluding hydrogens is 608 g/mol. The van der Waals surface area contributed by atoms with Gasteiger partial charge in [-0.2, -0.15) is 26.3 Å². The first-order valence-electron chi connectivity index (χ1n) is 13.7. The van der Waals surface area contributed by atoms with Gasteiger partial charge in [-0.15, -0.1) is 0 Å². The molecule has 1 aliphatic heterocycles. The van der Waals surface area contributed by atoms with E-state index in [4.69, 9.17) is 11.6 Å². The highest BCUT2D eigenvalue weighted by Gasteiger charge is 2.39. The van der Waals surface area contributed by atoms with Gasteiger partial charge in [0.05, 0.1) is 23.1 Å². The summed E-state index contributed by atoms with van der Waals surface area (Å²) < 4.78 is 81.0. The van der Waals surface area contributed by atoms with Gasteiger partial charge in [0.1, 0.15) is 0 Å². The van der Waals surface area contributed by atoms with Gasteiger partial charge < -0.3 is 10.2 Å². The number of nitrogens with one attached hydrogen (secondary N) is 1. The Balaban J connectivity index is 1.39. The fourth-order valence-electron chi connectivity index (χ4n) is 5.54. The summed E-state index contributed by atoms with van der Waals surface area (Å²) in [4.78, 5) is 32.3. The largest absolute Gasteiger partial charge is 0.416 e. The lowest BCUT2D eigenvalue weighted by molar-refractivity contribution is -0.143. The van der Waals surface area contributed by atoms with Crippen molar-refractivity contribution in [3.63, 3.8) is 0 Å². The van der Waals surface area contributed by atoms with Crippen LogP contribution in [0.15, 0.2) is 79.0 Å². The Morgan fingerprint density at radius 1 is 0.909 bits per heavy atom. The second-order valence-electron chi connectivity index (χ2n) is 10.7. The lowest BCUT2D eigenvalue weighted by Gasteiger charge is -2.40. The Kier molecular flexibility index (Phi) is 8.88. The monoisotopic (exact) mass is 633 g/mol. The van der Waals surface area contributed by atoms with Crippen molar-refractivity contribution in [3.8, 4) is 0 Å². The number of piperidine rings is 1. The van der Waals surface area contributed by atoms with E-state index in [9.17, 15) is 35.9 Å². The number of hydrogen-bond donors (Lipinski definition) is 1. The summed E-state index contributed by atoms with van der Waals surface area (Å²) >= 11 is 6.00. The predicted octanol–water partition coefficient (Wildman–Crippen LogP) is 7.50. The molecule has 0 bridgehead atoms. The van der Waals surface area contributed by atoms with E-state index >= 15 is 0 Å². The van der Waals surface area contributed by atoms with Crippen LogP contribution >= 0.6 is 11.6 Å². The van der Waals surface area contributed by atoms with Crippen LogP contribution in [0.2, 0.25) is 5.02 Å². The number of benzene rings is 3. The van der Waals surface area contributed by atoms with E-state index in [-0.39, 0.29) is 50.2 Å². The first kappa shape index (κ1) is 31.3. The van der Waals surface area contributed by atoms with Crippen LogP contribution in [0.25, 0.3) is 10.9 Å². The quantitative estimate of drug-likeness (QED) is 0.224. The average Bonchev–Trinajstić information content (AvgIpc) is 2.97. The summed E-state index contributed by atoms with van der Waals surface area (Å²) in [5, 5.41) is 4.31. The number of carbonyl (C=O) groups is 2. The fourth-order valence-corrected chi connectivity index (χ4v) is 5.67. The third-order valence-corrected chi connectivity index (χ3v) is 7.90. The van der Waals surface area contributed by atoms with Crippen molar-refractivity contribution in [1.82, 2.24) is 15.2 Å². The van der Waals surface area contributed by atoms with E-state index in [0.717, 1.165) is 22.0 Å². The number of amides is 2. The third-order valence-electron chi connectivity index (χ3n) is 7.65. The Morgan fingerprint density at radius 3 is 2.23 bits per heavy atom. The predicted molar refractivity (Wildman–Crippen MR) is 153 cm³/mol. The molecule has 0 unspecified atom stereocenters. The van der Waals surface area contributed by atoms with Crippen molar-refractivity contribution in [2.45, 2.75) is 50.1 Å². The van der Waals surface area contributed by atoms with E-state index in [0.29, 0.717) is 17.2 Å². The minimum atomic E-state index is -5.09. The van der Waals surface area contributed by atoms with Gasteiger partial charge in [0, 0.05) is 40.8 Å². The number of hydrogen-bond acceptors (Lipinski definition) is 3. The first-order valence-corrected chi connectivity index (χ1v) is 14.1. The zero-order valence-electron chi connectivity index (χ0n) is 23.1. The van der Waals surface area contributed by atoms with Crippen LogP contribution in [-0.2, 0) is 30.0 Å². The number of fused-ring (bicyclic) bond motifs is 1. The van der Waals surface area contributed by atoms with Crippen LogP contribution in [0.5, 0.6) is 0 Å². The lowest BCUT2D eigenvalue weighted by Crippen LogP contribution is -2.53. The lowest BCUT2D eigenvalue weighted by atomic mass is 9.91. The summed E-state index contributed by atoms with van der Waals surface area (Å²) in [5.41, 5.74) is -1.54. The van der Waals surface area contributed by atoms with Gasteiger partial charge in [0.2, 0.25) is 5.91 Å². The maximum Gasteiger partial charge on any atom is 0.416 e. The van der Waals surface area contributed by atoms with Crippen molar-refractivity contribution in [2.24, 2.45) is 0 Å². The molecule has 2 heterocycles. The Labute approximate surface area is 253 Å². The maximum absolute atomic E-state index is 13.6. The molecule has 230 valence electrons. The maximum atomic E-state index is 13.6. The molecule has 0 aliphatic carbocycles. The number of carbonyl (C=O) groups excluding carboxylic acids is 2. The highest BCUT2D eigenvalue weighted by atomic mass is 35.5. The molecule has 1 N–H and O–H groups in total. The number of alkyl halides is 6. The Bertz CT molecular complexity index is 1640. The average molecular weight is 634 g/mol. The molecule has 1 aliphatic rings. The smallest absolute Gasteiger partial charge is 0.353 e. The van der Waals surface area contributed by atoms with Gasteiger partial charge in [-0.1, -0.05) is 41.9 Å². The summed E-state index contributed by atoms with van der Waals surface area (Å²) in [6.07, 6.45) is -7.73. The second-order valence-corrected chi connectivity index (χ2v) is 11.2. The number of para-hydroxylation sites is 1. The molecule has 3 aromatic carbocycles. The number of aromatic nitrogens is 1. The van der Waals surface area contributed by atoms with Gasteiger partial charge in [-0.25, -0.2) is 0 Å². The zero-order valence-corrected chi connectivity index (χ0v) is 23.8. The molecule has 1 aromatic heterocycles. The molecule has 5 nitrogen and oxygen atoms in total. The van der Waals surface area contributed by atoms with E-state index < -0.39 is 41.0 Å². The minimum Gasteiger partial charge on any atom is -0.353 e. The molecular formula is C32H26ClF6N3O2. The van der Waals surface area contributed by atoms with Gasteiger partial charge in [-0.05, 0) is 72.9 Å². The summed E-state index contributed by atoms with van der Waals surface area (Å²) in [7, 11) is 0. The number of halogens is 7. The highest BCUT2D eigenvalue weighted by Crippen LogP contribution is 2.37. The number of nitrogens with zero attached hydrogens (tertiary/aromatic N) is 2. The number of rotatable bonds is 6. The Hall–Kier alpha value is -4.12. The molecule has 12 heteroatoms. The molecule has 0 spiro atoms. The van der Waals surface area contributed by atoms with Gasteiger partial charge in [0.15, 0.2) is 0 Å². The van der Waals surface area contributed by atoms with Crippen LogP contribution in [0, 0.1) is 0 Å². The van der Waals surface area contributed by atoms with E-state index in [1.54, 1.807) is 36.5 Å². The van der Waals surface area contributed by atoms with E-state index in [2.05, 4.69) is 10.3 Å². The molecule has 1 fully saturated rings. The van der Waals surface area contributed by atoms with E-state index in [1.165, 1.54) is 4.90 Å². The van der Waals surface area contributed by atoms with Crippen molar-refractivity contribution >= 4 is 34.3 Å². The van der Waals surface area contributed by atoms with Crippen molar-refractivity contribution in [3.05, 3.63) is 112 Å². The van der Waals surface area contributed by atoms with Gasteiger partial charge in [0.25, 0.3) is 5.91 Å². The number of pyridine rings is 1. The van der Waals surface area contributed by atoms with E-state index in [1.807, 2.05) is 24.3 Å². The fraction of sp³-hybridized carbons (Fsp3) is 0.281. The van der Waals surface area contributed by atoms with Crippen LogP contribution in [-0.4, -0.2) is 40.3 Å². The van der Waals surface area contributed by atoms with Crippen molar-refractivity contribution < 1.29 is 35.9 Å². The molecule has 5 rings (SSSR count). The van der Waals surface area contributed by atoms with Crippen LogP contribution in [0.3, 0.4) is 0 Å². The van der Waals surface area contributed by atoms with Crippen molar-refractivity contribution in [2.75, 3.05) is 6.54 Å². The molecule has 4 aromatic rings. The minimum absolute atomic E-state index is 0.00422. The second kappa shape index (κ2) is 12.5. The molecule has 1 saturated heterocycles. The SMILES string of the molecule is O=C(Cc1ccnc2ccccc12)N[C@H]1CCN(C(=O)c2cc(C(F)(F)F)cc(C(F)(F)F)c2)[C@H](Cc2ccc(Cl)cc2)C1. The molecule has 0 radical (unpaired) electrons. The zero-order chi connectivity index (χ0) is 31.6. The standard InChI is InChI=1S/C32H26ClF6N3O2/c33-24-7-5-19(6-8-24)13-26-18-25(41-29(43)16-20-9-11-40-28-4-2-1-3-27(20)28)10-12-42(26)30(44)21-14-22(31(34,35)36)17-23(15-21)32(37,38)39/h1-9,11,14-15,17,25-26H,10,12-13,16,18H2,(H,41,43)/t25-,26+/m0/s1. The topological polar surface area (TPSA) is 62.3 Å². The first-order chi connectivity index (χ1) is 20.8. The summed E-state index contributed by atoms with van der Waals surface area (Å²) in [6.45, 7) is 0.0117. The Morgan fingerprint density at radius 2 is 1.57 bits per heavy atom. The van der Waals surface area contributed by atoms with Gasteiger partial charge >= 0.3 is 12.4 Å². The molecule has 2 atom stereocenters. The molecule has 0 saturated carbocycles. The summed E-state index contributed by atoms with van der Waals surface area (Å²) in [6, 6.07) is 15.8. The van der Waals surface area contributed by atoms with Gasteiger partial charge in [-0.3, -0.25) is 14.6 Å². The van der Waals surface area contributed by atoms with Crippen LogP contribution < -0.4 is 5.32 Å². The molecule has 44 heavy (non-hydrogen) atoms. The number of likely N-dealkylation sites (tertiary alicyclic amines) is 1. The van der Waals surface area contributed by atoms with Crippen LogP contribution in [0.4, 0.5) is 26.3 Å². The summed E-state index contributed by atoms with van der Waals surface area (Å²) in [5.74, 6) is -1.21. The van der Waals surface area contributed by atoms with Crippen molar-refractivity contribution in [1.29, 1.82) is 0 Å². The normalized spacial score (nSPS) is 17.5. The highest BCUT2D eigenvalue weighted by molar-refractivity contribution is 6.30. The molecule has 2 amide bonds. The van der Waals surface area contributed by atoms with Crippen LogP contribution in [0.1, 0.15) is 45.5 Å². The third kappa shape index (κ3) is 7.32.